The summed E-state index contributed by atoms with van der Waals surface area (Å²) < 4.78 is 0. The van der Waals surface area contributed by atoms with Gasteiger partial charge in [-0.3, -0.25) is 4.98 Å². The quantitative estimate of drug-likeness (QED) is 0.811. The number of pyridine rings is 1. The highest BCUT2D eigenvalue weighted by atomic mass is 16.3. The standard InChI is InChI=1S/C15H18N2O/c18-12-15(10-13-6-2-1-3-7-13)17-11-14-8-4-5-9-16-14/h1-9,15,17-18H,10-12H2/t15-/m0/s1. The molecule has 0 radical (unpaired) electrons. The van der Waals surface area contributed by atoms with E-state index in [4.69, 9.17) is 0 Å². The van der Waals surface area contributed by atoms with Crippen LogP contribution in [0.4, 0.5) is 0 Å². The van der Waals surface area contributed by atoms with Crippen molar-refractivity contribution in [3.05, 3.63) is 66.0 Å². The van der Waals surface area contributed by atoms with E-state index in [9.17, 15) is 5.11 Å². The minimum absolute atomic E-state index is 0.0643. The summed E-state index contributed by atoms with van der Waals surface area (Å²) in [6.45, 7) is 0.806. The second-order valence-electron chi connectivity index (χ2n) is 4.27. The molecule has 1 heterocycles. The molecule has 1 aromatic carbocycles. The maximum atomic E-state index is 9.38. The number of benzene rings is 1. The zero-order valence-corrected chi connectivity index (χ0v) is 10.3. The Kier molecular flexibility index (Phi) is 4.88. The fourth-order valence-electron chi connectivity index (χ4n) is 1.85. The van der Waals surface area contributed by atoms with Crippen LogP contribution in [0.1, 0.15) is 11.3 Å². The largest absolute Gasteiger partial charge is 0.395 e. The summed E-state index contributed by atoms with van der Waals surface area (Å²) in [6, 6.07) is 16.1. The van der Waals surface area contributed by atoms with E-state index in [2.05, 4.69) is 22.4 Å². The van der Waals surface area contributed by atoms with E-state index in [1.54, 1.807) is 6.20 Å². The molecule has 0 amide bonds. The monoisotopic (exact) mass is 242 g/mol. The molecular formula is C15H18N2O. The third-order valence-corrected chi connectivity index (χ3v) is 2.84. The summed E-state index contributed by atoms with van der Waals surface area (Å²) >= 11 is 0. The van der Waals surface area contributed by atoms with Gasteiger partial charge in [-0.15, -0.1) is 0 Å². The van der Waals surface area contributed by atoms with Gasteiger partial charge in [-0.1, -0.05) is 36.4 Å². The van der Waals surface area contributed by atoms with Gasteiger partial charge in [0.1, 0.15) is 0 Å². The van der Waals surface area contributed by atoms with Crippen LogP contribution in [-0.2, 0) is 13.0 Å². The van der Waals surface area contributed by atoms with Crippen LogP contribution < -0.4 is 5.32 Å². The third kappa shape index (κ3) is 3.95. The van der Waals surface area contributed by atoms with Crippen LogP contribution >= 0.6 is 0 Å². The van der Waals surface area contributed by atoms with E-state index >= 15 is 0 Å². The lowest BCUT2D eigenvalue weighted by Crippen LogP contribution is -2.34. The van der Waals surface area contributed by atoms with Gasteiger partial charge in [0, 0.05) is 18.8 Å². The number of rotatable bonds is 6. The number of aromatic nitrogens is 1. The number of nitrogens with zero attached hydrogens (tertiary/aromatic N) is 1. The Morgan fingerprint density at radius 3 is 2.50 bits per heavy atom. The molecule has 0 bridgehead atoms. The van der Waals surface area contributed by atoms with Gasteiger partial charge in [0.25, 0.3) is 0 Å². The predicted molar refractivity (Wildman–Crippen MR) is 72.1 cm³/mol. The van der Waals surface area contributed by atoms with E-state index in [0.717, 1.165) is 12.1 Å². The molecule has 3 nitrogen and oxygen atoms in total. The van der Waals surface area contributed by atoms with Crippen LogP contribution in [0.3, 0.4) is 0 Å². The van der Waals surface area contributed by atoms with Crippen molar-refractivity contribution < 1.29 is 5.11 Å². The Labute approximate surface area is 108 Å². The Balaban J connectivity index is 1.86. The van der Waals surface area contributed by atoms with Gasteiger partial charge in [-0.2, -0.15) is 0 Å². The molecule has 0 aliphatic rings. The van der Waals surface area contributed by atoms with E-state index in [-0.39, 0.29) is 12.6 Å². The lowest BCUT2D eigenvalue weighted by atomic mass is 10.1. The highest BCUT2D eigenvalue weighted by Crippen LogP contribution is 2.03. The molecule has 0 saturated heterocycles. The predicted octanol–water partition coefficient (Wildman–Crippen LogP) is 1.77. The third-order valence-electron chi connectivity index (χ3n) is 2.84. The number of nitrogens with one attached hydrogen (secondary N) is 1. The lowest BCUT2D eigenvalue weighted by Gasteiger charge is -2.16. The molecule has 1 atom stereocenters. The maximum absolute atomic E-state index is 9.38. The second kappa shape index (κ2) is 6.89. The van der Waals surface area contributed by atoms with Crippen LogP contribution in [0.15, 0.2) is 54.7 Å². The minimum atomic E-state index is 0.0643. The summed E-state index contributed by atoms with van der Waals surface area (Å²) in [5.41, 5.74) is 2.22. The van der Waals surface area contributed by atoms with Gasteiger partial charge in [0.15, 0.2) is 0 Å². The van der Waals surface area contributed by atoms with Gasteiger partial charge < -0.3 is 10.4 Å². The minimum Gasteiger partial charge on any atom is -0.395 e. The van der Waals surface area contributed by atoms with E-state index in [0.29, 0.717) is 6.54 Å². The van der Waals surface area contributed by atoms with E-state index < -0.39 is 0 Å². The van der Waals surface area contributed by atoms with E-state index in [1.807, 2.05) is 36.4 Å². The fraction of sp³-hybridized carbons (Fsp3) is 0.267. The van der Waals surface area contributed by atoms with Crippen molar-refractivity contribution in [3.8, 4) is 0 Å². The van der Waals surface area contributed by atoms with Crippen molar-refractivity contribution in [2.24, 2.45) is 0 Å². The first-order valence-corrected chi connectivity index (χ1v) is 6.16. The van der Waals surface area contributed by atoms with Crippen LogP contribution in [-0.4, -0.2) is 22.7 Å². The van der Waals surface area contributed by atoms with E-state index in [1.165, 1.54) is 5.56 Å². The molecule has 1 aromatic heterocycles. The summed E-state index contributed by atoms with van der Waals surface area (Å²) in [4.78, 5) is 4.25. The second-order valence-corrected chi connectivity index (χ2v) is 4.27. The van der Waals surface area contributed by atoms with Crippen molar-refractivity contribution in [3.63, 3.8) is 0 Å². The lowest BCUT2D eigenvalue weighted by molar-refractivity contribution is 0.240. The zero-order chi connectivity index (χ0) is 12.6. The van der Waals surface area contributed by atoms with Crippen molar-refractivity contribution in [2.45, 2.75) is 19.0 Å². The first-order valence-electron chi connectivity index (χ1n) is 6.16. The first kappa shape index (κ1) is 12.7. The number of hydrogen-bond acceptors (Lipinski definition) is 3. The number of hydrogen-bond donors (Lipinski definition) is 2. The molecule has 94 valence electrons. The molecule has 0 saturated carbocycles. The van der Waals surface area contributed by atoms with Crippen molar-refractivity contribution in [1.82, 2.24) is 10.3 Å². The highest BCUT2D eigenvalue weighted by molar-refractivity contribution is 5.16. The van der Waals surface area contributed by atoms with Crippen LogP contribution in [0.5, 0.6) is 0 Å². The summed E-state index contributed by atoms with van der Waals surface area (Å²) in [6.07, 6.45) is 2.60. The maximum Gasteiger partial charge on any atom is 0.0588 e. The van der Waals surface area contributed by atoms with Crippen molar-refractivity contribution >= 4 is 0 Å². The van der Waals surface area contributed by atoms with Gasteiger partial charge in [0.2, 0.25) is 0 Å². The summed E-state index contributed by atoms with van der Waals surface area (Å²) in [7, 11) is 0. The topological polar surface area (TPSA) is 45.1 Å². The van der Waals surface area contributed by atoms with Crippen molar-refractivity contribution in [2.75, 3.05) is 6.61 Å². The molecule has 0 unspecified atom stereocenters. The molecule has 2 N–H and O–H groups in total. The molecule has 18 heavy (non-hydrogen) atoms. The summed E-state index contributed by atoms with van der Waals surface area (Å²) in [5.74, 6) is 0. The molecule has 0 aliphatic carbocycles. The molecule has 0 spiro atoms. The first-order chi connectivity index (χ1) is 8.88. The molecule has 2 aromatic rings. The smallest absolute Gasteiger partial charge is 0.0588 e. The van der Waals surface area contributed by atoms with Crippen LogP contribution in [0.25, 0.3) is 0 Å². The normalized spacial score (nSPS) is 12.3. The Morgan fingerprint density at radius 2 is 1.83 bits per heavy atom. The average Bonchev–Trinajstić information content (AvgIpc) is 2.45. The molecule has 3 heteroatoms. The van der Waals surface area contributed by atoms with Crippen LogP contribution in [0.2, 0.25) is 0 Å². The Morgan fingerprint density at radius 1 is 1.06 bits per heavy atom. The summed E-state index contributed by atoms with van der Waals surface area (Å²) in [5, 5.41) is 12.7. The van der Waals surface area contributed by atoms with Gasteiger partial charge in [-0.25, -0.2) is 0 Å². The Hall–Kier alpha value is -1.71. The Bertz CT molecular complexity index is 445. The zero-order valence-electron chi connectivity index (χ0n) is 10.3. The SMILES string of the molecule is OC[C@H](Cc1ccccc1)NCc1ccccn1. The van der Waals surface area contributed by atoms with Crippen molar-refractivity contribution in [1.29, 1.82) is 0 Å². The highest BCUT2D eigenvalue weighted by Gasteiger charge is 2.07. The number of aliphatic hydroxyl groups is 1. The number of aliphatic hydroxyl groups excluding tert-OH is 1. The molecule has 0 aliphatic heterocycles. The van der Waals surface area contributed by atoms with Crippen LogP contribution in [0, 0.1) is 0 Å². The van der Waals surface area contributed by atoms with Gasteiger partial charge in [-0.05, 0) is 24.1 Å². The molecule has 0 fully saturated rings. The molecular weight excluding hydrogens is 224 g/mol. The van der Waals surface area contributed by atoms with Gasteiger partial charge >= 0.3 is 0 Å². The fourth-order valence-corrected chi connectivity index (χ4v) is 1.85. The molecule has 2 rings (SSSR count). The average molecular weight is 242 g/mol. The van der Waals surface area contributed by atoms with Gasteiger partial charge in [0.05, 0.1) is 12.3 Å².